The van der Waals surface area contributed by atoms with Crippen LogP contribution in [-0.4, -0.2) is 21.0 Å². The second kappa shape index (κ2) is 6.04. The maximum atomic E-state index is 12.8. The predicted octanol–water partition coefficient (Wildman–Crippen LogP) is 4.59. The average Bonchev–Trinajstić information content (AvgIpc) is 3.05. The molecular formula is C16H9F3N2O2S. The Bertz CT molecular complexity index is 906. The monoisotopic (exact) mass is 350 g/mol. The van der Waals surface area contributed by atoms with Crippen molar-refractivity contribution in [2.45, 2.75) is 6.18 Å². The summed E-state index contributed by atoms with van der Waals surface area (Å²) < 4.78 is 38.4. The Kier molecular flexibility index (Phi) is 4.06. The molecule has 8 heteroatoms. The summed E-state index contributed by atoms with van der Waals surface area (Å²) in [5.74, 6) is -0.901. The molecule has 3 rings (SSSR count). The number of hydrogen-bond acceptors (Lipinski definition) is 4. The van der Waals surface area contributed by atoms with Crippen molar-refractivity contribution in [2.75, 3.05) is 0 Å². The van der Waals surface area contributed by atoms with E-state index in [1.165, 1.54) is 24.4 Å². The van der Waals surface area contributed by atoms with Crippen LogP contribution >= 0.6 is 11.3 Å². The number of benzene rings is 1. The molecule has 4 nitrogen and oxygen atoms in total. The van der Waals surface area contributed by atoms with Crippen molar-refractivity contribution in [1.29, 1.82) is 0 Å². The molecular weight excluding hydrogens is 341 g/mol. The van der Waals surface area contributed by atoms with E-state index in [4.69, 9.17) is 5.11 Å². The first-order valence-electron chi connectivity index (χ1n) is 6.69. The van der Waals surface area contributed by atoms with Gasteiger partial charge in [0.25, 0.3) is 0 Å². The molecule has 3 aromatic rings. The zero-order valence-electron chi connectivity index (χ0n) is 11.9. The minimum Gasteiger partial charge on any atom is -0.477 e. The second-order valence-electron chi connectivity index (χ2n) is 4.81. The number of halogens is 3. The molecule has 0 bridgehead atoms. The third-order valence-corrected chi connectivity index (χ3v) is 4.27. The van der Waals surface area contributed by atoms with E-state index in [0.29, 0.717) is 10.6 Å². The smallest absolute Gasteiger partial charge is 0.416 e. The van der Waals surface area contributed by atoms with Gasteiger partial charge in [0.2, 0.25) is 0 Å². The largest absolute Gasteiger partial charge is 0.477 e. The van der Waals surface area contributed by atoms with Crippen molar-refractivity contribution < 1.29 is 23.1 Å². The van der Waals surface area contributed by atoms with Gasteiger partial charge in [0.1, 0.15) is 4.88 Å². The number of rotatable bonds is 3. The summed E-state index contributed by atoms with van der Waals surface area (Å²) in [6.07, 6.45) is -3.02. The van der Waals surface area contributed by atoms with E-state index in [9.17, 15) is 18.0 Å². The number of nitrogens with zero attached hydrogens (tertiary/aromatic N) is 2. The molecule has 0 aliphatic rings. The molecule has 0 radical (unpaired) electrons. The van der Waals surface area contributed by atoms with E-state index in [0.717, 1.165) is 23.5 Å². The van der Waals surface area contributed by atoms with Crippen LogP contribution in [0.1, 0.15) is 15.2 Å². The fraction of sp³-hybridized carbons (Fsp3) is 0.0625. The first-order valence-corrected chi connectivity index (χ1v) is 7.50. The lowest BCUT2D eigenvalue weighted by atomic mass is 10.1. The van der Waals surface area contributed by atoms with Crippen molar-refractivity contribution in [3.05, 3.63) is 59.1 Å². The number of carboxylic acids is 1. The second-order valence-corrected chi connectivity index (χ2v) is 5.90. The number of thiophene rings is 1. The number of aromatic carboxylic acids is 1. The highest BCUT2D eigenvalue weighted by Crippen LogP contribution is 2.32. The van der Waals surface area contributed by atoms with Gasteiger partial charge < -0.3 is 5.11 Å². The average molecular weight is 350 g/mol. The third-order valence-electron chi connectivity index (χ3n) is 3.17. The molecule has 2 heterocycles. The summed E-state index contributed by atoms with van der Waals surface area (Å²) >= 11 is 1.04. The Hall–Kier alpha value is -2.74. The van der Waals surface area contributed by atoms with Crippen molar-refractivity contribution in [3.63, 3.8) is 0 Å². The first kappa shape index (κ1) is 16.1. The summed E-state index contributed by atoms with van der Waals surface area (Å²) in [7, 11) is 0. The molecule has 0 spiro atoms. The fourth-order valence-corrected chi connectivity index (χ4v) is 2.87. The van der Waals surface area contributed by atoms with Crippen LogP contribution in [0, 0.1) is 0 Å². The van der Waals surface area contributed by atoms with Crippen LogP contribution in [0.2, 0.25) is 0 Å². The lowest BCUT2D eigenvalue weighted by molar-refractivity contribution is -0.137. The summed E-state index contributed by atoms with van der Waals surface area (Å²) in [6.45, 7) is 0. The Balaban J connectivity index is 2.00. The van der Waals surface area contributed by atoms with Crippen LogP contribution in [0.4, 0.5) is 13.2 Å². The summed E-state index contributed by atoms with van der Waals surface area (Å²) in [5.41, 5.74) is -0.0881. The van der Waals surface area contributed by atoms with E-state index >= 15 is 0 Å². The summed E-state index contributed by atoms with van der Waals surface area (Å²) in [4.78, 5) is 20.0. The molecule has 0 aliphatic carbocycles. The van der Waals surface area contributed by atoms with E-state index in [1.807, 2.05) is 0 Å². The maximum absolute atomic E-state index is 12.8. The molecule has 0 amide bonds. The van der Waals surface area contributed by atoms with Crippen molar-refractivity contribution in [3.8, 4) is 22.0 Å². The van der Waals surface area contributed by atoms with Crippen molar-refractivity contribution in [2.24, 2.45) is 0 Å². The van der Waals surface area contributed by atoms with Crippen LogP contribution in [0.15, 0.2) is 48.7 Å². The van der Waals surface area contributed by atoms with Gasteiger partial charge in [0.05, 0.1) is 16.1 Å². The number of aromatic nitrogens is 2. The molecule has 0 unspecified atom stereocenters. The molecule has 2 aromatic heterocycles. The molecule has 0 atom stereocenters. The number of hydrogen-bond donors (Lipinski definition) is 1. The minimum atomic E-state index is -4.45. The Morgan fingerprint density at radius 1 is 1.12 bits per heavy atom. The lowest BCUT2D eigenvalue weighted by Crippen LogP contribution is -2.04. The highest BCUT2D eigenvalue weighted by atomic mass is 32.1. The Morgan fingerprint density at radius 2 is 1.92 bits per heavy atom. The SMILES string of the molecule is O=C(O)c1ccc(-c2ccnc(-c3cccc(C(F)(F)F)c3)n2)s1. The van der Waals surface area contributed by atoms with Crippen LogP contribution in [-0.2, 0) is 6.18 Å². The maximum Gasteiger partial charge on any atom is 0.416 e. The van der Waals surface area contributed by atoms with Crippen LogP contribution < -0.4 is 0 Å². The lowest BCUT2D eigenvalue weighted by Gasteiger charge is -2.08. The predicted molar refractivity (Wildman–Crippen MR) is 82.7 cm³/mol. The van der Waals surface area contributed by atoms with Gasteiger partial charge in [0.15, 0.2) is 5.82 Å². The van der Waals surface area contributed by atoms with E-state index in [1.54, 1.807) is 12.1 Å². The van der Waals surface area contributed by atoms with Crippen molar-refractivity contribution in [1.82, 2.24) is 9.97 Å². The molecule has 0 saturated heterocycles. The molecule has 24 heavy (non-hydrogen) atoms. The topological polar surface area (TPSA) is 63.1 Å². The number of carboxylic acid groups (broad SMARTS) is 1. The highest BCUT2D eigenvalue weighted by molar-refractivity contribution is 7.17. The number of alkyl halides is 3. The van der Waals surface area contributed by atoms with Crippen LogP contribution in [0.3, 0.4) is 0 Å². The summed E-state index contributed by atoms with van der Waals surface area (Å²) in [6, 6.07) is 9.38. The first-order chi connectivity index (χ1) is 11.3. The van der Waals surface area contributed by atoms with E-state index < -0.39 is 17.7 Å². The fourth-order valence-electron chi connectivity index (χ4n) is 2.06. The van der Waals surface area contributed by atoms with Gasteiger partial charge in [-0.3, -0.25) is 0 Å². The van der Waals surface area contributed by atoms with Crippen molar-refractivity contribution >= 4 is 17.3 Å². The summed E-state index contributed by atoms with van der Waals surface area (Å²) in [5, 5.41) is 8.96. The van der Waals surface area contributed by atoms with Gasteiger partial charge in [-0.1, -0.05) is 12.1 Å². The molecule has 1 N–H and O–H groups in total. The van der Waals surface area contributed by atoms with Gasteiger partial charge in [-0.2, -0.15) is 13.2 Å². The van der Waals surface area contributed by atoms with E-state index in [2.05, 4.69) is 9.97 Å². The molecule has 0 aliphatic heterocycles. The van der Waals surface area contributed by atoms with Crippen LogP contribution in [0.5, 0.6) is 0 Å². The van der Waals surface area contributed by atoms with Gasteiger partial charge in [-0.25, -0.2) is 14.8 Å². The quantitative estimate of drug-likeness (QED) is 0.750. The molecule has 0 fully saturated rings. The Morgan fingerprint density at radius 3 is 2.58 bits per heavy atom. The van der Waals surface area contributed by atoms with E-state index in [-0.39, 0.29) is 16.3 Å². The minimum absolute atomic E-state index is 0.142. The highest BCUT2D eigenvalue weighted by Gasteiger charge is 2.30. The molecule has 0 saturated carbocycles. The molecule has 122 valence electrons. The van der Waals surface area contributed by atoms with Gasteiger partial charge >= 0.3 is 12.1 Å². The zero-order chi connectivity index (χ0) is 17.3. The van der Waals surface area contributed by atoms with Gasteiger partial charge in [0, 0.05) is 11.8 Å². The van der Waals surface area contributed by atoms with Gasteiger partial charge in [-0.05, 0) is 30.3 Å². The van der Waals surface area contributed by atoms with Crippen LogP contribution in [0.25, 0.3) is 22.0 Å². The Labute approximate surface area is 138 Å². The standard InChI is InChI=1S/C16H9F3N2O2S/c17-16(18,19)10-3-1-2-9(8-10)14-20-7-6-11(21-14)12-4-5-13(24-12)15(22)23/h1-8H,(H,22,23). The molecule has 1 aromatic carbocycles. The third kappa shape index (κ3) is 3.28. The number of carbonyl (C=O) groups is 1. The zero-order valence-corrected chi connectivity index (χ0v) is 12.7. The van der Waals surface area contributed by atoms with Gasteiger partial charge in [-0.15, -0.1) is 11.3 Å². The normalized spacial score (nSPS) is 11.5.